The van der Waals surface area contributed by atoms with Crippen molar-refractivity contribution < 1.29 is 0 Å². The summed E-state index contributed by atoms with van der Waals surface area (Å²) < 4.78 is 0. The maximum Gasteiger partial charge on any atom is 0.164 e. The Balaban J connectivity index is 0.967. The molecule has 0 saturated carbocycles. The Morgan fingerprint density at radius 1 is 0.250 bits per heavy atom. The van der Waals surface area contributed by atoms with Crippen LogP contribution >= 0.6 is 0 Å². The lowest BCUT2D eigenvalue weighted by Crippen LogP contribution is -2.01. The molecule has 0 N–H and O–H groups in total. The minimum Gasteiger partial charge on any atom is -0.254 e. The van der Waals surface area contributed by atoms with Crippen LogP contribution in [0.3, 0.4) is 0 Å². The van der Waals surface area contributed by atoms with Gasteiger partial charge >= 0.3 is 0 Å². The first-order chi connectivity index (χ1) is 31.7. The molecule has 0 radical (unpaired) electrons. The quantitative estimate of drug-likeness (QED) is 0.162. The van der Waals surface area contributed by atoms with E-state index < -0.39 is 0 Å². The molecule has 0 spiro atoms. The number of aromatic nitrogens is 5. The number of rotatable bonds is 5. The molecule has 296 valence electrons. The van der Waals surface area contributed by atoms with Crippen molar-refractivity contribution in [1.29, 1.82) is 0 Å². The van der Waals surface area contributed by atoms with Gasteiger partial charge in [0.05, 0.1) is 16.7 Å². The molecule has 5 nitrogen and oxygen atoms in total. The lowest BCUT2D eigenvalue weighted by atomic mass is 9.93. The molecule has 10 aromatic carbocycles. The van der Waals surface area contributed by atoms with Gasteiger partial charge in [-0.1, -0.05) is 182 Å². The zero-order valence-corrected chi connectivity index (χ0v) is 34.4. The van der Waals surface area contributed by atoms with Crippen molar-refractivity contribution >= 4 is 75.7 Å². The predicted molar refractivity (Wildman–Crippen MR) is 265 cm³/mol. The van der Waals surface area contributed by atoms with E-state index in [1.54, 1.807) is 0 Å². The Hall–Kier alpha value is -8.67. The van der Waals surface area contributed by atoms with Crippen LogP contribution in [0.15, 0.2) is 212 Å². The molecule has 0 aliphatic carbocycles. The molecule has 13 rings (SSSR count). The highest BCUT2D eigenvalue weighted by Gasteiger charge is 2.19. The van der Waals surface area contributed by atoms with E-state index in [9.17, 15) is 0 Å². The standard InChI is InChI=1S/C59H35N5/c1-3-15-42-40(12-1)34-52(49-21-9-6-17-45(42)49)58-62-57(63-59(64-58)53-35-41-13-2-4-16-43(41)46-18-7-10-22-50(46)53)39-27-23-36(24-28-39)44-30-31-51(48-20-8-5-19-47(44)48)54-32-29-38-26-25-37-14-11-33-60-55(37)56(38)61-54/h1-35H. The SMILES string of the molecule is c1ccc2c(c1)cc(-c1nc(-c3ccc(-c4ccc(-c5ccc6ccc7cccnc7c6n5)c5ccccc45)cc3)nc(-c3cc4ccccc4c4ccccc34)n1)c1ccccc12. The summed E-state index contributed by atoms with van der Waals surface area (Å²) in [4.78, 5) is 25.9. The first-order valence-corrected chi connectivity index (χ1v) is 21.6. The second-order valence-electron chi connectivity index (χ2n) is 16.4. The van der Waals surface area contributed by atoms with E-state index in [-0.39, 0.29) is 0 Å². The van der Waals surface area contributed by atoms with Crippen LogP contribution in [0.25, 0.3) is 132 Å². The summed E-state index contributed by atoms with van der Waals surface area (Å²) in [5.41, 5.74) is 8.91. The molecule has 0 bridgehead atoms. The topological polar surface area (TPSA) is 64.5 Å². The van der Waals surface area contributed by atoms with E-state index in [4.69, 9.17) is 24.9 Å². The van der Waals surface area contributed by atoms with Gasteiger partial charge in [0.25, 0.3) is 0 Å². The number of benzene rings is 10. The van der Waals surface area contributed by atoms with E-state index in [2.05, 4.69) is 200 Å². The number of hydrogen-bond donors (Lipinski definition) is 0. The van der Waals surface area contributed by atoms with Crippen molar-refractivity contribution in [2.24, 2.45) is 0 Å². The Morgan fingerprint density at radius 3 is 1.30 bits per heavy atom. The highest BCUT2D eigenvalue weighted by atomic mass is 15.0. The normalized spacial score (nSPS) is 11.8. The first kappa shape index (κ1) is 36.0. The maximum atomic E-state index is 5.35. The van der Waals surface area contributed by atoms with Gasteiger partial charge in [-0.05, 0) is 89.3 Å². The summed E-state index contributed by atoms with van der Waals surface area (Å²) in [6.07, 6.45) is 1.84. The van der Waals surface area contributed by atoms with Gasteiger partial charge in [0.15, 0.2) is 17.5 Å². The fourth-order valence-electron chi connectivity index (χ4n) is 9.67. The van der Waals surface area contributed by atoms with Crippen LogP contribution in [0, 0.1) is 0 Å². The van der Waals surface area contributed by atoms with Crippen LogP contribution in [0.4, 0.5) is 0 Å². The van der Waals surface area contributed by atoms with Gasteiger partial charge in [0, 0.05) is 39.2 Å². The summed E-state index contributed by atoms with van der Waals surface area (Å²) >= 11 is 0. The smallest absolute Gasteiger partial charge is 0.164 e. The highest BCUT2D eigenvalue weighted by Crippen LogP contribution is 2.40. The minimum absolute atomic E-state index is 0.616. The van der Waals surface area contributed by atoms with E-state index in [0.717, 1.165) is 93.2 Å². The zero-order valence-electron chi connectivity index (χ0n) is 34.4. The van der Waals surface area contributed by atoms with Gasteiger partial charge in [-0.15, -0.1) is 0 Å². The van der Waals surface area contributed by atoms with Crippen molar-refractivity contribution in [3.63, 3.8) is 0 Å². The van der Waals surface area contributed by atoms with Gasteiger partial charge in [0.1, 0.15) is 0 Å². The van der Waals surface area contributed by atoms with Gasteiger partial charge in [0.2, 0.25) is 0 Å². The van der Waals surface area contributed by atoms with Gasteiger partial charge < -0.3 is 0 Å². The van der Waals surface area contributed by atoms with Crippen molar-refractivity contribution in [1.82, 2.24) is 24.9 Å². The van der Waals surface area contributed by atoms with E-state index in [0.29, 0.717) is 17.5 Å². The fraction of sp³-hybridized carbons (Fsp3) is 0. The minimum atomic E-state index is 0.616. The summed E-state index contributed by atoms with van der Waals surface area (Å²) in [7, 11) is 0. The Bertz CT molecular complexity index is 3890. The summed E-state index contributed by atoms with van der Waals surface area (Å²) in [6.45, 7) is 0. The van der Waals surface area contributed by atoms with Crippen LogP contribution in [-0.4, -0.2) is 24.9 Å². The molecular weight excluding hydrogens is 779 g/mol. The molecule has 0 amide bonds. The molecule has 0 saturated heterocycles. The average Bonchev–Trinajstić information content (AvgIpc) is 3.37. The molecular formula is C59H35N5. The Morgan fingerprint density at radius 2 is 0.688 bits per heavy atom. The first-order valence-electron chi connectivity index (χ1n) is 21.6. The molecule has 64 heavy (non-hydrogen) atoms. The number of pyridine rings is 2. The second kappa shape index (κ2) is 14.5. The average molecular weight is 814 g/mol. The van der Waals surface area contributed by atoms with E-state index in [1.165, 1.54) is 21.5 Å². The van der Waals surface area contributed by atoms with Crippen molar-refractivity contribution in [2.45, 2.75) is 0 Å². The third-order valence-corrected chi connectivity index (χ3v) is 12.7. The number of nitrogens with zero attached hydrogens (tertiary/aromatic N) is 5. The number of hydrogen-bond acceptors (Lipinski definition) is 5. The van der Waals surface area contributed by atoms with E-state index >= 15 is 0 Å². The van der Waals surface area contributed by atoms with Gasteiger partial charge in [-0.3, -0.25) is 4.98 Å². The molecule has 0 atom stereocenters. The lowest BCUT2D eigenvalue weighted by Gasteiger charge is -2.15. The Labute approximate surface area is 368 Å². The Kier molecular flexibility index (Phi) is 8.15. The summed E-state index contributed by atoms with van der Waals surface area (Å²) in [5, 5.41) is 13.7. The van der Waals surface area contributed by atoms with Crippen molar-refractivity contribution in [3.8, 4) is 56.5 Å². The molecule has 0 aliphatic rings. The third-order valence-electron chi connectivity index (χ3n) is 12.7. The molecule has 0 fully saturated rings. The largest absolute Gasteiger partial charge is 0.254 e. The van der Waals surface area contributed by atoms with Crippen molar-refractivity contribution in [3.05, 3.63) is 212 Å². The zero-order chi connectivity index (χ0) is 42.1. The van der Waals surface area contributed by atoms with Crippen LogP contribution in [0.5, 0.6) is 0 Å². The molecule has 13 aromatic rings. The van der Waals surface area contributed by atoms with Crippen LogP contribution in [0.1, 0.15) is 0 Å². The summed E-state index contributed by atoms with van der Waals surface area (Å²) in [5.74, 6) is 1.89. The fourth-order valence-corrected chi connectivity index (χ4v) is 9.67. The highest BCUT2D eigenvalue weighted by molar-refractivity contribution is 6.15. The molecule has 0 aliphatic heterocycles. The monoisotopic (exact) mass is 813 g/mol. The van der Waals surface area contributed by atoms with Crippen LogP contribution in [0.2, 0.25) is 0 Å². The maximum absolute atomic E-state index is 5.35. The third kappa shape index (κ3) is 5.83. The van der Waals surface area contributed by atoms with E-state index in [1.807, 2.05) is 12.3 Å². The van der Waals surface area contributed by atoms with Gasteiger partial charge in [-0.2, -0.15) is 0 Å². The molecule has 3 heterocycles. The predicted octanol–water partition coefficient (Wildman–Crippen LogP) is 15.1. The second-order valence-corrected chi connectivity index (χ2v) is 16.4. The lowest BCUT2D eigenvalue weighted by molar-refractivity contribution is 1.08. The molecule has 0 unspecified atom stereocenters. The van der Waals surface area contributed by atoms with Crippen LogP contribution < -0.4 is 0 Å². The molecule has 5 heteroatoms. The van der Waals surface area contributed by atoms with Crippen LogP contribution in [-0.2, 0) is 0 Å². The van der Waals surface area contributed by atoms with Crippen molar-refractivity contribution in [2.75, 3.05) is 0 Å². The van der Waals surface area contributed by atoms with Gasteiger partial charge in [-0.25, -0.2) is 19.9 Å². The molecule has 3 aromatic heterocycles. The number of fused-ring (bicyclic) bond motifs is 10. The summed E-state index contributed by atoms with van der Waals surface area (Å²) in [6, 6.07) is 72.8.